The van der Waals surface area contributed by atoms with Gasteiger partial charge in [0.05, 0.1) is 5.71 Å². The van der Waals surface area contributed by atoms with E-state index < -0.39 is 0 Å². The van der Waals surface area contributed by atoms with Crippen molar-refractivity contribution < 1.29 is 5.21 Å². The largest absolute Gasteiger partial charge is 0.411 e. The molecular formula is C9H8Cl3NO. The summed E-state index contributed by atoms with van der Waals surface area (Å²) in [6.45, 7) is 1.68. The van der Waals surface area contributed by atoms with Gasteiger partial charge in [-0.05, 0) is 24.6 Å². The van der Waals surface area contributed by atoms with E-state index in [4.69, 9.17) is 40.0 Å². The molecule has 0 heterocycles. The molecule has 0 aromatic heterocycles. The van der Waals surface area contributed by atoms with Gasteiger partial charge in [0, 0.05) is 21.5 Å². The molecule has 5 heteroatoms. The normalized spacial score (nSPS) is 11.9. The smallest absolute Gasteiger partial charge is 0.0584 e. The van der Waals surface area contributed by atoms with Crippen LogP contribution in [0.1, 0.15) is 12.5 Å². The van der Waals surface area contributed by atoms with E-state index in [-0.39, 0.29) is 0 Å². The molecule has 0 atom stereocenters. The van der Waals surface area contributed by atoms with E-state index >= 15 is 0 Å². The predicted octanol–water partition coefficient (Wildman–Crippen LogP) is 4.04. The van der Waals surface area contributed by atoms with Gasteiger partial charge in [-0.3, -0.25) is 0 Å². The highest BCUT2D eigenvalue weighted by Crippen LogP contribution is 2.29. The van der Waals surface area contributed by atoms with Crippen molar-refractivity contribution in [2.75, 3.05) is 0 Å². The highest BCUT2D eigenvalue weighted by molar-refractivity contribution is 6.39. The summed E-state index contributed by atoms with van der Waals surface area (Å²) in [6, 6.07) is 3.21. The van der Waals surface area contributed by atoms with Gasteiger partial charge >= 0.3 is 0 Å². The minimum atomic E-state index is 0.408. The highest BCUT2D eigenvalue weighted by atomic mass is 35.5. The van der Waals surface area contributed by atoms with Crippen LogP contribution in [0.4, 0.5) is 0 Å². The molecule has 0 unspecified atom stereocenters. The van der Waals surface area contributed by atoms with Crippen LogP contribution in [0.3, 0.4) is 0 Å². The topological polar surface area (TPSA) is 32.6 Å². The third-order valence-corrected chi connectivity index (χ3v) is 2.60. The van der Waals surface area contributed by atoms with Gasteiger partial charge in [0.2, 0.25) is 0 Å². The van der Waals surface area contributed by atoms with E-state index in [2.05, 4.69) is 5.16 Å². The maximum Gasteiger partial charge on any atom is 0.0584 e. The lowest BCUT2D eigenvalue weighted by atomic mass is 10.1. The molecule has 0 aliphatic heterocycles. The molecule has 0 amide bonds. The Bertz CT molecular complexity index is 353. The Hall–Kier alpha value is -0.440. The van der Waals surface area contributed by atoms with Crippen LogP contribution in [0.2, 0.25) is 15.1 Å². The van der Waals surface area contributed by atoms with Crippen molar-refractivity contribution in [3.05, 3.63) is 32.8 Å². The number of nitrogens with zero attached hydrogens (tertiary/aromatic N) is 1. The average Bonchev–Trinajstić information content (AvgIpc) is 2.10. The minimum absolute atomic E-state index is 0.408. The zero-order chi connectivity index (χ0) is 10.7. The van der Waals surface area contributed by atoms with E-state index in [0.29, 0.717) is 32.8 Å². The van der Waals surface area contributed by atoms with Crippen molar-refractivity contribution in [1.29, 1.82) is 0 Å². The Morgan fingerprint density at radius 2 is 1.79 bits per heavy atom. The maximum atomic E-state index is 8.51. The third-order valence-electron chi connectivity index (χ3n) is 1.71. The van der Waals surface area contributed by atoms with E-state index in [1.807, 2.05) is 0 Å². The molecule has 2 nitrogen and oxygen atoms in total. The van der Waals surface area contributed by atoms with Crippen LogP contribution in [0.15, 0.2) is 17.3 Å². The van der Waals surface area contributed by atoms with Gasteiger partial charge in [0.25, 0.3) is 0 Å². The predicted molar refractivity (Wildman–Crippen MR) is 60.1 cm³/mol. The van der Waals surface area contributed by atoms with Gasteiger partial charge in [0.15, 0.2) is 0 Å². The van der Waals surface area contributed by atoms with Crippen LogP contribution in [0.5, 0.6) is 0 Å². The van der Waals surface area contributed by atoms with Gasteiger partial charge in [-0.25, -0.2) is 0 Å². The molecule has 14 heavy (non-hydrogen) atoms. The summed E-state index contributed by atoms with van der Waals surface area (Å²) in [6.07, 6.45) is 0.408. The molecule has 0 saturated carbocycles. The summed E-state index contributed by atoms with van der Waals surface area (Å²) in [7, 11) is 0. The monoisotopic (exact) mass is 251 g/mol. The van der Waals surface area contributed by atoms with Crippen molar-refractivity contribution in [3.63, 3.8) is 0 Å². The van der Waals surface area contributed by atoms with E-state index in [0.717, 1.165) is 0 Å². The van der Waals surface area contributed by atoms with Crippen molar-refractivity contribution in [2.45, 2.75) is 13.3 Å². The van der Waals surface area contributed by atoms with Crippen LogP contribution in [0, 0.1) is 0 Å². The van der Waals surface area contributed by atoms with Crippen LogP contribution in [0.25, 0.3) is 0 Å². The van der Waals surface area contributed by atoms with E-state index in [1.165, 1.54) is 0 Å². The lowest BCUT2D eigenvalue weighted by Crippen LogP contribution is -1.99. The Morgan fingerprint density at radius 1 is 1.29 bits per heavy atom. The SMILES string of the molecule is CC(Cc1c(Cl)cc(Cl)cc1Cl)=NO. The number of oxime groups is 1. The standard InChI is InChI=1S/C9H8Cl3NO/c1-5(13-14)2-7-8(11)3-6(10)4-9(7)12/h3-4,14H,2H2,1H3. The lowest BCUT2D eigenvalue weighted by Gasteiger charge is -2.06. The van der Waals surface area contributed by atoms with Crippen LogP contribution in [-0.2, 0) is 6.42 Å². The number of hydrogen-bond donors (Lipinski definition) is 1. The van der Waals surface area contributed by atoms with E-state index in [1.54, 1.807) is 19.1 Å². The average molecular weight is 253 g/mol. The van der Waals surface area contributed by atoms with Crippen LogP contribution < -0.4 is 0 Å². The van der Waals surface area contributed by atoms with Gasteiger partial charge in [0.1, 0.15) is 0 Å². The van der Waals surface area contributed by atoms with Crippen LogP contribution >= 0.6 is 34.8 Å². The van der Waals surface area contributed by atoms with Crippen molar-refractivity contribution in [2.24, 2.45) is 5.16 Å². The molecule has 76 valence electrons. The molecule has 0 radical (unpaired) electrons. The molecule has 0 saturated heterocycles. The summed E-state index contributed by atoms with van der Waals surface area (Å²) in [4.78, 5) is 0. The molecule has 0 aliphatic carbocycles. The van der Waals surface area contributed by atoms with Crippen molar-refractivity contribution >= 4 is 40.5 Å². The second-order valence-corrected chi connectivity index (χ2v) is 4.11. The molecule has 1 aromatic rings. The van der Waals surface area contributed by atoms with Crippen molar-refractivity contribution in [1.82, 2.24) is 0 Å². The highest BCUT2D eigenvalue weighted by Gasteiger charge is 2.08. The van der Waals surface area contributed by atoms with Gasteiger partial charge in [-0.1, -0.05) is 40.0 Å². The molecule has 0 spiro atoms. The first-order chi connectivity index (χ1) is 6.54. The summed E-state index contributed by atoms with van der Waals surface area (Å²) >= 11 is 17.6. The molecule has 0 bridgehead atoms. The summed E-state index contributed by atoms with van der Waals surface area (Å²) in [5, 5.41) is 13.0. The second-order valence-electron chi connectivity index (χ2n) is 2.86. The minimum Gasteiger partial charge on any atom is -0.411 e. The zero-order valence-electron chi connectivity index (χ0n) is 7.39. The Morgan fingerprint density at radius 3 is 2.21 bits per heavy atom. The van der Waals surface area contributed by atoms with Gasteiger partial charge in [-0.15, -0.1) is 0 Å². The molecule has 0 fully saturated rings. The Kier molecular flexibility index (Phi) is 4.05. The first kappa shape index (κ1) is 11.6. The summed E-state index contributed by atoms with van der Waals surface area (Å²) in [5.74, 6) is 0. The first-order valence-corrected chi connectivity index (χ1v) is 4.99. The maximum absolute atomic E-state index is 8.51. The number of benzene rings is 1. The number of halogens is 3. The molecule has 0 aliphatic rings. The fourth-order valence-electron chi connectivity index (χ4n) is 1.03. The zero-order valence-corrected chi connectivity index (χ0v) is 9.66. The fraction of sp³-hybridized carbons (Fsp3) is 0.222. The molecule has 1 N–H and O–H groups in total. The summed E-state index contributed by atoms with van der Waals surface area (Å²) < 4.78 is 0. The van der Waals surface area contributed by atoms with Crippen molar-refractivity contribution in [3.8, 4) is 0 Å². The van der Waals surface area contributed by atoms with Gasteiger partial charge < -0.3 is 5.21 Å². The Labute approximate surface area is 97.1 Å². The van der Waals surface area contributed by atoms with Crippen LogP contribution in [-0.4, -0.2) is 10.9 Å². The lowest BCUT2D eigenvalue weighted by molar-refractivity contribution is 0.317. The molecule has 1 rings (SSSR count). The van der Waals surface area contributed by atoms with E-state index in [9.17, 15) is 0 Å². The Balaban J connectivity index is 3.09. The summed E-state index contributed by atoms with van der Waals surface area (Å²) in [5.41, 5.74) is 1.25. The third kappa shape index (κ3) is 2.77. The number of hydrogen-bond acceptors (Lipinski definition) is 2. The fourth-order valence-corrected chi connectivity index (χ4v) is 1.98. The second kappa shape index (κ2) is 4.87. The first-order valence-electron chi connectivity index (χ1n) is 3.85. The molecular weight excluding hydrogens is 244 g/mol. The quantitative estimate of drug-likeness (QED) is 0.481. The molecule has 1 aromatic carbocycles. The number of rotatable bonds is 2. The van der Waals surface area contributed by atoms with Gasteiger partial charge in [-0.2, -0.15) is 0 Å².